The van der Waals surface area contributed by atoms with Crippen molar-refractivity contribution in [2.75, 3.05) is 26.2 Å². The standard InChI is InChI=1S/C11H19N3O4/c1-8(10(16)17)12-11(18)14-5-3-4-13(6-7-14)9(2)15/h8H,3-7H2,1-2H3,(H,12,18)(H,16,17). The second-order valence-electron chi connectivity index (χ2n) is 4.36. The molecule has 1 saturated heterocycles. The number of aliphatic carboxylic acids is 1. The fourth-order valence-corrected chi connectivity index (χ4v) is 1.77. The maximum Gasteiger partial charge on any atom is 0.325 e. The third-order valence-corrected chi connectivity index (χ3v) is 2.94. The van der Waals surface area contributed by atoms with Crippen LogP contribution in [0.2, 0.25) is 0 Å². The van der Waals surface area contributed by atoms with Gasteiger partial charge < -0.3 is 20.2 Å². The lowest BCUT2D eigenvalue weighted by molar-refractivity contribution is -0.138. The molecule has 3 amide bonds. The van der Waals surface area contributed by atoms with E-state index in [1.165, 1.54) is 13.8 Å². The lowest BCUT2D eigenvalue weighted by Gasteiger charge is -2.22. The number of hydrogen-bond donors (Lipinski definition) is 2. The van der Waals surface area contributed by atoms with Gasteiger partial charge in [-0.25, -0.2) is 4.79 Å². The third-order valence-electron chi connectivity index (χ3n) is 2.94. The Morgan fingerprint density at radius 1 is 1.11 bits per heavy atom. The molecule has 0 radical (unpaired) electrons. The lowest BCUT2D eigenvalue weighted by Crippen LogP contribution is -2.47. The van der Waals surface area contributed by atoms with Gasteiger partial charge in [0.25, 0.3) is 0 Å². The number of nitrogens with one attached hydrogen (secondary N) is 1. The molecule has 18 heavy (non-hydrogen) atoms. The fourth-order valence-electron chi connectivity index (χ4n) is 1.77. The van der Waals surface area contributed by atoms with Gasteiger partial charge in [-0.15, -0.1) is 0 Å². The van der Waals surface area contributed by atoms with Crippen LogP contribution in [0.15, 0.2) is 0 Å². The van der Waals surface area contributed by atoms with E-state index in [1.807, 2.05) is 0 Å². The molecule has 0 aromatic rings. The Morgan fingerprint density at radius 3 is 2.22 bits per heavy atom. The van der Waals surface area contributed by atoms with E-state index in [0.29, 0.717) is 32.6 Å². The van der Waals surface area contributed by atoms with E-state index >= 15 is 0 Å². The van der Waals surface area contributed by atoms with Crippen LogP contribution in [0, 0.1) is 0 Å². The molecule has 1 heterocycles. The normalized spacial score (nSPS) is 17.9. The summed E-state index contributed by atoms with van der Waals surface area (Å²) < 4.78 is 0. The number of rotatable bonds is 2. The SMILES string of the molecule is CC(=O)N1CCCN(C(=O)NC(C)C(=O)O)CC1. The average molecular weight is 257 g/mol. The van der Waals surface area contributed by atoms with Crippen molar-refractivity contribution >= 4 is 17.9 Å². The predicted molar refractivity (Wildman–Crippen MR) is 64.1 cm³/mol. The molecule has 0 spiro atoms. The first-order valence-electron chi connectivity index (χ1n) is 5.95. The molecule has 1 aliphatic rings. The van der Waals surface area contributed by atoms with E-state index < -0.39 is 18.0 Å². The number of urea groups is 1. The summed E-state index contributed by atoms with van der Waals surface area (Å²) in [7, 11) is 0. The average Bonchev–Trinajstić information content (AvgIpc) is 2.53. The van der Waals surface area contributed by atoms with Gasteiger partial charge in [0.2, 0.25) is 5.91 Å². The Kier molecular flexibility index (Phi) is 4.94. The van der Waals surface area contributed by atoms with E-state index in [-0.39, 0.29) is 5.91 Å². The van der Waals surface area contributed by atoms with Crippen LogP contribution in [0.1, 0.15) is 20.3 Å². The molecule has 102 valence electrons. The van der Waals surface area contributed by atoms with E-state index in [4.69, 9.17) is 5.11 Å². The molecular formula is C11H19N3O4. The molecule has 7 nitrogen and oxygen atoms in total. The quantitative estimate of drug-likeness (QED) is 0.712. The van der Waals surface area contributed by atoms with Crippen LogP contribution in [-0.2, 0) is 9.59 Å². The first-order chi connectivity index (χ1) is 8.41. The highest BCUT2D eigenvalue weighted by Crippen LogP contribution is 2.04. The summed E-state index contributed by atoms with van der Waals surface area (Å²) in [6, 6.07) is -1.31. The lowest BCUT2D eigenvalue weighted by atomic mass is 10.3. The van der Waals surface area contributed by atoms with E-state index in [1.54, 1.807) is 9.80 Å². The maximum atomic E-state index is 11.8. The molecule has 2 N–H and O–H groups in total. The molecular weight excluding hydrogens is 238 g/mol. The Hall–Kier alpha value is -1.79. The number of carbonyl (C=O) groups excluding carboxylic acids is 2. The predicted octanol–water partition coefficient (Wildman–Crippen LogP) is -0.277. The number of carboxylic acids is 1. The Labute approximate surface area is 106 Å². The minimum absolute atomic E-state index is 0.00355. The van der Waals surface area contributed by atoms with Gasteiger partial charge in [0.15, 0.2) is 0 Å². The topological polar surface area (TPSA) is 90.0 Å². The molecule has 0 aromatic heterocycles. The first-order valence-corrected chi connectivity index (χ1v) is 5.95. The Bertz CT molecular complexity index is 345. The molecule has 1 rings (SSSR count). The summed E-state index contributed by atoms with van der Waals surface area (Å²) in [6.45, 7) is 5.00. The number of carboxylic acid groups (broad SMARTS) is 1. The zero-order valence-corrected chi connectivity index (χ0v) is 10.7. The monoisotopic (exact) mass is 257 g/mol. The van der Waals surface area contributed by atoms with Gasteiger partial charge in [-0.05, 0) is 13.3 Å². The van der Waals surface area contributed by atoms with Crippen molar-refractivity contribution in [1.29, 1.82) is 0 Å². The van der Waals surface area contributed by atoms with Crippen LogP contribution in [0.5, 0.6) is 0 Å². The van der Waals surface area contributed by atoms with Gasteiger partial charge in [0, 0.05) is 33.1 Å². The number of amides is 3. The van der Waals surface area contributed by atoms with Gasteiger partial charge in [0.1, 0.15) is 6.04 Å². The maximum absolute atomic E-state index is 11.8. The van der Waals surface area contributed by atoms with E-state index in [9.17, 15) is 14.4 Å². The highest BCUT2D eigenvalue weighted by Gasteiger charge is 2.22. The highest BCUT2D eigenvalue weighted by atomic mass is 16.4. The van der Waals surface area contributed by atoms with Crippen molar-refractivity contribution in [3.05, 3.63) is 0 Å². The van der Waals surface area contributed by atoms with Gasteiger partial charge in [-0.3, -0.25) is 9.59 Å². The van der Waals surface area contributed by atoms with Crippen LogP contribution < -0.4 is 5.32 Å². The minimum atomic E-state index is -1.07. The summed E-state index contributed by atoms with van der Waals surface area (Å²) in [5.74, 6) is -1.07. The van der Waals surface area contributed by atoms with Gasteiger partial charge in [-0.1, -0.05) is 0 Å². The summed E-state index contributed by atoms with van der Waals surface area (Å²) in [5.41, 5.74) is 0. The zero-order chi connectivity index (χ0) is 13.7. The third kappa shape index (κ3) is 3.90. The molecule has 0 saturated carbocycles. The molecule has 1 atom stereocenters. The summed E-state index contributed by atoms with van der Waals surface area (Å²) in [4.78, 5) is 36.9. The number of hydrogen-bond acceptors (Lipinski definition) is 3. The van der Waals surface area contributed by atoms with Crippen molar-refractivity contribution in [1.82, 2.24) is 15.1 Å². The second kappa shape index (κ2) is 6.23. The van der Waals surface area contributed by atoms with E-state index in [2.05, 4.69) is 5.32 Å². The highest BCUT2D eigenvalue weighted by molar-refractivity contribution is 5.82. The fraction of sp³-hybridized carbons (Fsp3) is 0.727. The number of nitrogens with zero attached hydrogens (tertiary/aromatic N) is 2. The second-order valence-corrected chi connectivity index (χ2v) is 4.36. The Morgan fingerprint density at radius 2 is 1.67 bits per heavy atom. The molecule has 1 fully saturated rings. The van der Waals surface area contributed by atoms with Crippen molar-refractivity contribution in [3.63, 3.8) is 0 Å². The van der Waals surface area contributed by atoms with Crippen molar-refractivity contribution < 1.29 is 19.5 Å². The number of carbonyl (C=O) groups is 3. The Balaban J connectivity index is 2.50. The molecule has 1 unspecified atom stereocenters. The van der Waals surface area contributed by atoms with Gasteiger partial charge in [-0.2, -0.15) is 0 Å². The van der Waals surface area contributed by atoms with Gasteiger partial charge >= 0.3 is 12.0 Å². The first kappa shape index (κ1) is 14.3. The van der Waals surface area contributed by atoms with Crippen LogP contribution in [-0.4, -0.2) is 65.0 Å². The molecule has 0 aromatic carbocycles. The van der Waals surface area contributed by atoms with Gasteiger partial charge in [0.05, 0.1) is 0 Å². The summed E-state index contributed by atoms with van der Waals surface area (Å²) >= 11 is 0. The van der Waals surface area contributed by atoms with Crippen LogP contribution in [0.25, 0.3) is 0 Å². The molecule has 7 heteroatoms. The van der Waals surface area contributed by atoms with Crippen molar-refractivity contribution in [3.8, 4) is 0 Å². The minimum Gasteiger partial charge on any atom is -0.480 e. The zero-order valence-electron chi connectivity index (χ0n) is 10.7. The smallest absolute Gasteiger partial charge is 0.325 e. The largest absolute Gasteiger partial charge is 0.480 e. The molecule has 1 aliphatic heterocycles. The van der Waals surface area contributed by atoms with E-state index in [0.717, 1.165) is 0 Å². The molecule has 0 bridgehead atoms. The summed E-state index contributed by atoms with van der Waals surface area (Å²) in [5, 5.41) is 11.1. The van der Waals surface area contributed by atoms with Crippen LogP contribution in [0.3, 0.4) is 0 Å². The van der Waals surface area contributed by atoms with Crippen molar-refractivity contribution in [2.24, 2.45) is 0 Å². The summed E-state index contributed by atoms with van der Waals surface area (Å²) in [6.07, 6.45) is 0.703. The van der Waals surface area contributed by atoms with Crippen LogP contribution in [0.4, 0.5) is 4.79 Å². The van der Waals surface area contributed by atoms with Crippen LogP contribution >= 0.6 is 0 Å². The van der Waals surface area contributed by atoms with Crippen molar-refractivity contribution in [2.45, 2.75) is 26.3 Å². The molecule has 0 aliphatic carbocycles.